The third-order valence-corrected chi connectivity index (χ3v) is 4.42. The first-order valence-corrected chi connectivity index (χ1v) is 7.60. The van der Waals surface area contributed by atoms with Crippen molar-refractivity contribution in [2.45, 2.75) is 25.3 Å². The second kappa shape index (κ2) is 5.94. The smallest absolute Gasteiger partial charge is 0.238 e. The SMILES string of the molecule is CCNC(=O)C1CNCCN1CC1Cc2ccccc21. The fraction of sp³-hybridized carbons (Fsp3) is 0.562. The van der Waals surface area contributed by atoms with Crippen molar-refractivity contribution >= 4 is 5.91 Å². The minimum absolute atomic E-state index is 0.0172. The highest BCUT2D eigenvalue weighted by molar-refractivity contribution is 5.82. The Balaban J connectivity index is 1.65. The third kappa shape index (κ3) is 2.58. The van der Waals surface area contributed by atoms with Gasteiger partial charge in [-0.3, -0.25) is 9.69 Å². The second-order valence-electron chi connectivity index (χ2n) is 5.71. The number of likely N-dealkylation sites (N-methyl/N-ethyl adjacent to an activating group) is 1. The Morgan fingerprint density at radius 2 is 2.30 bits per heavy atom. The number of rotatable bonds is 4. The van der Waals surface area contributed by atoms with Gasteiger partial charge in [-0.1, -0.05) is 24.3 Å². The van der Waals surface area contributed by atoms with Gasteiger partial charge in [-0.25, -0.2) is 0 Å². The van der Waals surface area contributed by atoms with Crippen LogP contribution in [-0.2, 0) is 11.2 Å². The van der Waals surface area contributed by atoms with Gasteiger partial charge < -0.3 is 10.6 Å². The highest BCUT2D eigenvalue weighted by Crippen LogP contribution is 2.35. The van der Waals surface area contributed by atoms with E-state index >= 15 is 0 Å². The zero-order valence-corrected chi connectivity index (χ0v) is 12.1. The second-order valence-corrected chi connectivity index (χ2v) is 5.71. The summed E-state index contributed by atoms with van der Waals surface area (Å²) in [6.45, 7) is 6.38. The van der Waals surface area contributed by atoms with Gasteiger partial charge in [0.1, 0.15) is 6.04 Å². The van der Waals surface area contributed by atoms with Crippen LogP contribution in [0, 0.1) is 0 Å². The van der Waals surface area contributed by atoms with Gasteiger partial charge >= 0.3 is 0 Å². The Kier molecular flexibility index (Phi) is 4.03. The summed E-state index contributed by atoms with van der Waals surface area (Å²) in [6, 6.07) is 8.65. The van der Waals surface area contributed by atoms with E-state index in [2.05, 4.69) is 39.8 Å². The maximum atomic E-state index is 12.1. The Hall–Kier alpha value is -1.39. The summed E-state index contributed by atoms with van der Waals surface area (Å²) in [4.78, 5) is 14.5. The van der Waals surface area contributed by atoms with Crippen molar-refractivity contribution in [2.24, 2.45) is 0 Å². The monoisotopic (exact) mass is 273 g/mol. The highest BCUT2D eigenvalue weighted by atomic mass is 16.2. The van der Waals surface area contributed by atoms with Crippen LogP contribution in [-0.4, -0.2) is 49.6 Å². The molecule has 0 aromatic heterocycles. The lowest BCUT2D eigenvalue weighted by atomic mass is 9.77. The minimum atomic E-state index is -0.0172. The average Bonchev–Trinajstić information content (AvgIpc) is 2.45. The van der Waals surface area contributed by atoms with E-state index in [0.717, 1.165) is 32.6 Å². The van der Waals surface area contributed by atoms with E-state index in [1.807, 2.05) is 6.92 Å². The third-order valence-electron chi connectivity index (χ3n) is 4.42. The number of hydrogen-bond acceptors (Lipinski definition) is 3. The molecule has 0 bridgehead atoms. The number of nitrogens with zero attached hydrogens (tertiary/aromatic N) is 1. The molecule has 1 aromatic rings. The number of benzene rings is 1. The minimum Gasteiger partial charge on any atom is -0.355 e. The molecule has 1 aliphatic heterocycles. The lowest BCUT2D eigenvalue weighted by Crippen LogP contribution is -2.58. The zero-order valence-electron chi connectivity index (χ0n) is 12.1. The number of piperazine rings is 1. The molecule has 2 N–H and O–H groups in total. The molecule has 2 aliphatic rings. The van der Waals surface area contributed by atoms with Crippen LogP contribution >= 0.6 is 0 Å². The number of carbonyl (C=O) groups excluding carboxylic acids is 1. The van der Waals surface area contributed by atoms with Crippen LogP contribution in [0.2, 0.25) is 0 Å². The van der Waals surface area contributed by atoms with Crippen molar-refractivity contribution in [3.8, 4) is 0 Å². The maximum absolute atomic E-state index is 12.1. The number of carbonyl (C=O) groups is 1. The molecule has 108 valence electrons. The van der Waals surface area contributed by atoms with Gasteiger partial charge in [0.05, 0.1) is 0 Å². The summed E-state index contributed by atoms with van der Waals surface area (Å²) < 4.78 is 0. The van der Waals surface area contributed by atoms with Crippen molar-refractivity contribution in [1.29, 1.82) is 0 Å². The molecule has 4 nitrogen and oxygen atoms in total. The first-order valence-electron chi connectivity index (χ1n) is 7.60. The van der Waals surface area contributed by atoms with Crippen LogP contribution in [0.1, 0.15) is 24.0 Å². The summed E-state index contributed by atoms with van der Waals surface area (Å²) >= 11 is 0. The van der Waals surface area contributed by atoms with Crippen LogP contribution < -0.4 is 10.6 Å². The summed E-state index contributed by atoms with van der Waals surface area (Å²) in [7, 11) is 0. The van der Waals surface area contributed by atoms with Crippen LogP contribution in [0.15, 0.2) is 24.3 Å². The summed E-state index contributed by atoms with van der Waals surface area (Å²) in [5.74, 6) is 0.758. The van der Waals surface area contributed by atoms with Gasteiger partial charge in [-0.2, -0.15) is 0 Å². The molecule has 4 heteroatoms. The Labute approximate surface area is 120 Å². The van der Waals surface area contributed by atoms with E-state index in [-0.39, 0.29) is 11.9 Å². The standard InChI is InChI=1S/C16H23N3O/c1-2-18-16(20)15-10-17-7-8-19(15)11-13-9-12-5-3-4-6-14(12)13/h3-6,13,15,17H,2,7-11H2,1H3,(H,18,20). The van der Waals surface area contributed by atoms with E-state index < -0.39 is 0 Å². The quantitative estimate of drug-likeness (QED) is 0.850. The summed E-state index contributed by atoms with van der Waals surface area (Å²) in [6.07, 6.45) is 1.15. The molecule has 2 unspecified atom stereocenters. The molecule has 0 spiro atoms. The lowest BCUT2D eigenvalue weighted by Gasteiger charge is -2.40. The first-order chi connectivity index (χ1) is 9.79. The topological polar surface area (TPSA) is 44.4 Å². The van der Waals surface area contributed by atoms with Gasteiger partial charge in [0.15, 0.2) is 0 Å². The molecule has 0 radical (unpaired) electrons. The molecular weight excluding hydrogens is 250 g/mol. The maximum Gasteiger partial charge on any atom is 0.238 e. The molecule has 1 saturated heterocycles. The number of hydrogen-bond donors (Lipinski definition) is 2. The number of fused-ring (bicyclic) bond motifs is 1. The highest BCUT2D eigenvalue weighted by Gasteiger charge is 2.33. The Morgan fingerprint density at radius 3 is 3.10 bits per heavy atom. The molecule has 20 heavy (non-hydrogen) atoms. The fourth-order valence-corrected chi connectivity index (χ4v) is 3.32. The van der Waals surface area contributed by atoms with Crippen molar-refractivity contribution < 1.29 is 4.79 Å². The van der Waals surface area contributed by atoms with Gasteiger partial charge in [0.2, 0.25) is 5.91 Å². The van der Waals surface area contributed by atoms with Gasteiger partial charge in [-0.15, -0.1) is 0 Å². The predicted octanol–water partition coefficient (Wildman–Crippen LogP) is 0.736. The Bertz CT molecular complexity index is 488. The molecule has 2 atom stereocenters. The van der Waals surface area contributed by atoms with E-state index in [9.17, 15) is 4.79 Å². The van der Waals surface area contributed by atoms with Gasteiger partial charge in [0, 0.05) is 38.6 Å². The molecule has 0 saturated carbocycles. The van der Waals surface area contributed by atoms with E-state index in [1.165, 1.54) is 11.1 Å². The molecule has 1 heterocycles. The largest absolute Gasteiger partial charge is 0.355 e. The summed E-state index contributed by atoms with van der Waals surface area (Å²) in [5, 5.41) is 6.28. The molecule has 1 fully saturated rings. The van der Waals surface area contributed by atoms with Crippen LogP contribution in [0.4, 0.5) is 0 Å². The van der Waals surface area contributed by atoms with Gasteiger partial charge in [0.25, 0.3) is 0 Å². The summed E-state index contributed by atoms with van der Waals surface area (Å²) in [5.41, 5.74) is 2.95. The fourth-order valence-electron chi connectivity index (χ4n) is 3.32. The van der Waals surface area contributed by atoms with Crippen molar-refractivity contribution in [3.63, 3.8) is 0 Å². The molecule has 1 amide bonds. The number of amides is 1. The molecule has 1 aromatic carbocycles. The van der Waals surface area contributed by atoms with Gasteiger partial charge in [-0.05, 0) is 24.5 Å². The zero-order chi connectivity index (χ0) is 13.9. The van der Waals surface area contributed by atoms with Crippen molar-refractivity contribution in [2.75, 3.05) is 32.7 Å². The van der Waals surface area contributed by atoms with E-state index in [4.69, 9.17) is 0 Å². The Morgan fingerprint density at radius 1 is 1.45 bits per heavy atom. The predicted molar refractivity (Wildman–Crippen MR) is 79.8 cm³/mol. The van der Waals surface area contributed by atoms with Crippen LogP contribution in [0.3, 0.4) is 0 Å². The average molecular weight is 273 g/mol. The lowest BCUT2D eigenvalue weighted by molar-refractivity contribution is -0.127. The van der Waals surface area contributed by atoms with Crippen LogP contribution in [0.25, 0.3) is 0 Å². The molecule has 1 aliphatic carbocycles. The van der Waals surface area contributed by atoms with E-state index in [1.54, 1.807) is 0 Å². The first kappa shape index (κ1) is 13.6. The van der Waals surface area contributed by atoms with Crippen molar-refractivity contribution in [3.05, 3.63) is 35.4 Å². The molecule has 3 rings (SSSR count). The van der Waals surface area contributed by atoms with E-state index in [0.29, 0.717) is 12.5 Å². The normalized spacial score (nSPS) is 25.6. The van der Waals surface area contributed by atoms with Crippen LogP contribution in [0.5, 0.6) is 0 Å². The van der Waals surface area contributed by atoms with Crippen molar-refractivity contribution in [1.82, 2.24) is 15.5 Å². The number of nitrogens with one attached hydrogen (secondary N) is 2. The molecular formula is C16H23N3O.